The van der Waals surface area contributed by atoms with Crippen molar-refractivity contribution in [1.29, 1.82) is 5.39 Å². The van der Waals surface area contributed by atoms with Crippen LogP contribution in [0.1, 0.15) is 11.1 Å². The van der Waals surface area contributed by atoms with Crippen LogP contribution in [0.25, 0.3) is 21.7 Å². The third-order valence-corrected chi connectivity index (χ3v) is 2.91. The number of benzene rings is 2. The number of halogens is 6. The first-order valence-corrected chi connectivity index (χ1v) is 25.6. The first kappa shape index (κ1) is 19.5. The quantitative estimate of drug-likeness (QED) is 0.213. The zero-order chi connectivity index (χ0) is 17.4. The molecule has 2 aromatic carbocycles. The summed E-state index contributed by atoms with van der Waals surface area (Å²) in [5.74, 6) is 0. The van der Waals surface area contributed by atoms with E-state index in [9.17, 15) is 0 Å². The summed E-state index contributed by atoms with van der Waals surface area (Å²) in [6, 6.07) is 16.3. The van der Waals surface area contributed by atoms with Gasteiger partial charge in [0.25, 0.3) is 0 Å². The molecule has 0 radical (unpaired) electrons. The molecule has 0 unspecified atom stereocenters. The molecule has 122 valence electrons. The second-order valence-electron chi connectivity index (χ2n) is 4.71. The van der Waals surface area contributed by atoms with E-state index in [0.29, 0.717) is 0 Å². The van der Waals surface area contributed by atoms with Crippen molar-refractivity contribution >= 4 is 67.7 Å². The summed E-state index contributed by atoms with van der Waals surface area (Å²) < 4.78 is 0. The molecule has 0 saturated heterocycles. The molecular weight excluding hydrogens is 531 g/mol. The minimum atomic E-state index is -5.42. The van der Waals surface area contributed by atoms with Gasteiger partial charge in [-0.05, 0) is 22.3 Å². The summed E-state index contributed by atoms with van der Waals surface area (Å²) in [5.41, 5.74) is 5.64. The molecule has 0 aliphatic heterocycles. The Morgan fingerprint density at radius 1 is 0.696 bits per heavy atom. The van der Waals surface area contributed by atoms with Crippen molar-refractivity contribution in [3.05, 3.63) is 70.8 Å². The summed E-state index contributed by atoms with van der Waals surface area (Å²) in [5, 5.41) is 8.73. The van der Waals surface area contributed by atoms with E-state index >= 15 is 0 Å². The molecule has 0 fully saturated rings. The van der Waals surface area contributed by atoms with Crippen molar-refractivity contribution in [3.8, 4) is 11.1 Å². The van der Waals surface area contributed by atoms with Gasteiger partial charge in [0.05, 0.1) is 5.57 Å². The Bertz CT molecular complexity index is 775. The van der Waals surface area contributed by atoms with Crippen LogP contribution in [0.5, 0.6) is 0 Å². The van der Waals surface area contributed by atoms with Gasteiger partial charge in [-0.25, -0.2) is 0 Å². The third-order valence-electron chi connectivity index (χ3n) is 2.91. The molecule has 0 N–H and O–H groups in total. The van der Waals surface area contributed by atoms with Crippen LogP contribution in [0.2, 0.25) is 0 Å². The van der Waals surface area contributed by atoms with E-state index in [-0.39, 0.29) is 0 Å². The molecule has 0 aromatic heterocycles. The summed E-state index contributed by atoms with van der Waals surface area (Å²) in [6.07, 6.45) is 1.50. The second kappa shape index (κ2) is 6.15. The summed E-state index contributed by atoms with van der Waals surface area (Å²) in [4.78, 5) is 3.15. The Hall–Kier alpha value is 0.158. The summed E-state index contributed by atoms with van der Waals surface area (Å²) >= 11 is 0. The number of nitrogens with zero attached hydrogens (tertiary/aromatic N) is 2. The molecule has 2 nitrogen and oxygen atoms in total. The van der Waals surface area contributed by atoms with Gasteiger partial charge in [-0.2, -0.15) is 0 Å². The third kappa shape index (κ3) is 6.52. The second-order valence-corrected chi connectivity index (χ2v) is 61.6. The topological polar surface area (TPSA) is 28.1 Å². The van der Waals surface area contributed by atoms with Gasteiger partial charge >= 0.3 is 68.3 Å². The number of hydrogen-bond acceptors (Lipinski definition) is 1. The molecule has 23 heavy (non-hydrogen) atoms. The van der Waals surface area contributed by atoms with E-state index in [0.717, 1.165) is 16.7 Å². The van der Waals surface area contributed by atoms with E-state index in [1.165, 1.54) is 17.3 Å². The van der Waals surface area contributed by atoms with Crippen LogP contribution in [0.4, 0.5) is 0 Å². The Labute approximate surface area is 153 Å². The van der Waals surface area contributed by atoms with Gasteiger partial charge in [0.1, 0.15) is 0 Å². The number of hydrogen-bond donors (Lipinski definition) is 0. The zero-order valence-electron chi connectivity index (χ0n) is 11.3. The predicted molar refractivity (Wildman–Crippen MR) is 105 cm³/mol. The van der Waals surface area contributed by atoms with Crippen molar-refractivity contribution in [1.82, 2.24) is 0 Å². The van der Waals surface area contributed by atoms with Crippen LogP contribution in [-0.2, 0) is 0 Å². The fraction of sp³-hybridized carbons (Fsp3) is 0. The van der Waals surface area contributed by atoms with Gasteiger partial charge in [-0.15, -0.1) is 0 Å². The van der Waals surface area contributed by atoms with E-state index in [2.05, 4.69) is 17.1 Å². The molecule has 1 aliphatic carbocycles. The molecule has 1 aliphatic rings. The van der Waals surface area contributed by atoms with Crippen molar-refractivity contribution < 1.29 is 0 Å². The molecule has 2 aromatic rings. The van der Waals surface area contributed by atoms with Crippen molar-refractivity contribution in [3.63, 3.8) is 0 Å². The molecule has 0 bridgehead atoms. The maximum absolute atomic E-state index is 8.73. The van der Waals surface area contributed by atoms with Crippen molar-refractivity contribution in [2.75, 3.05) is 0 Å². The van der Waals surface area contributed by atoms with Crippen LogP contribution in [-0.4, -0.2) is 9.14 Å². The Balaban J connectivity index is 0.000000236. The fourth-order valence-electron chi connectivity index (χ4n) is 2.25. The average Bonchev–Trinajstić information content (AvgIpc) is 2.71. The Morgan fingerprint density at radius 2 is 1.00 bits per heavy atom. The van der Waals surface area contributed by atoms with E-state index < -0.39 is 9.14 Å². The summed E-state index contributed by atoms with van der Waals surface area (Å²) in [7, 11) is 25.0. The monoisotopic (exact) mass is 536 g/mol. The number of rotatable bonds is 0. The summed E-state index contributed by atoms with van der Waals surface area (Å²) in [6.45, 7) is 0. The molecule has 0 saturated carbocycles. The standard InChI is InChI=1S/C14H9N2.6ClH.Sb/c15-16-9-14-12-7-3-1-5-10(12)11-6-2-4-8-13(11)14;;;;;;;/h1-9H;6*1H;/q+1;;;;;;;+5/p-6. The van der Waals surface area contributed by atoms with Crippen LogP contribution in [0, 0.1) is 5.39 Å². The maximum atomic E-state index is 8.73. The van der Waals surface area contributed by atoms with Gasteiger partial charge in [-0.1, -0.05) is 48.5 Å². The molecular formula is C14H9Cl6N2Sb. The normalized spacial score (nSPS) is 15.1. The minimum absolute atomic E-state index is 0.980. The van der Waals surface area contributed by atoms with Crippen LogP contribution in [0.15, 0.2) is 54.7 Å². The first-order valence-electron chi connectivity index (χ1n) is 6.17. The zero-order valence-corrected chi connectivity index (χ0v) is 18.4. The van der Waals surface area contributed by atoms with Gasteiger partial charge in [0.15, 0.2) is 4.98 Å². The average molecular weight is 540 g/mol. The molecule has 9 heteroatoms. The molecule has 0 spiro atoms. The van der Waals surface area contributed by atoms with Gasteiger partial charge in [0, 0.05) is 0 Å². The van der Waals surface area contributed by atoms with Crippen LogP contribution < -0.4 is 0 Å². The SMILES string of the molecule is N#[N+]C=C1c2ccccc2-c2ccccc21.[Cl][Sb-]([Cl])([Cl])([Cl])([Cl])[Cl]. The van der Waals surface area contributed by atoms with Gasteiger partial charge < -0.3 is 0 Å². The van der Waals surface area contributed by atoms with Crippen LogP contribution >= 0.6 is 53.0 Å². The molecule has 3 rings (SSSR count). The number of fused-ring (bicyclic) bond motifs is 3. The van der Waals surface area contributed by atoms with E-state index in [1.54, 1.807) is 0 Å². The van der Waals surface area contributed by atoms with Gasteiger partial charge in [-0.3, -0.25) is 0 Å². The van der Waals surface area contributed by atoms with E-state index in [1.807, 2.05) is 36.4 Å². The van der Waals surface area contributed by atoms with E-state index in [4.69, 9.17) is 58.4 Å². The van der Waals surface area contributed by atoms with Gasteiger partial charge in [0.2, 0.25) is 5.39 Å². The molecule has 0 heterocycles. The molecule has 0 amide bonds. The Kier molecular flexibility index (Phi) is 5.21. The first-order chi connectivity index (χ1) is 10.4. The number of diazo groups is 1. The Morgan fingerprint density at radius 3 is 1.30 bits per heavy atom. The van der Waals surface area contributed by atoms with Crippen molar-refractivity contribution in [2.24, 2.45) is 0 Å². The van der Waals surface area contributed by atoms with Crippen molar-refractivity contribution in [2.45, 2.75) is 0 Å². The fourth-order valence-corrected chi connectivity index (χ4v) is 2.25. The predicted octanol–water partition coefficient (Wildman–Crippen LogP) is 7.67. The molecule has 0 atom stereocenters. The van der Waals surface area contributed by atoms with Crippen LogP contribution in [0.3, 0.4) is 0 Å².